The van der Waals surface area contributed by atoms with E-state index in [1.54, 1.807) is 0 Å². The number of rotatable bonds is 6. The van der Waals surface area contributed by atoms with E-state index in [1.807, 2.05) is 24.3 Å². The van der Waals surface area contributed by atoms with E-state index in [-0.39, 0.29) is 18.2 Å². The number of nitrogens with one attached hydrogen (secondary N) is 2. The molecular formula is C14H20N2O3. The molecule has 0 heterocycles. The topological polar surface area (TPSA) is 67.4 Å². The van der Waals surface area contributed by atoms with Gasteiger partial charge < -0.3 is 4.74 Å². The Morgan fingerprint density at radius 3 is 2.42 bits per heavy atom. The summed E-state index contributed by atoms with van der Waals surface area (Å²) in [7, 11) is 0. The van der Waals surface area contributed by atoms with Crippen molar-refractivity contribution >= 4 is 11.8 Å². The van der Waals surface area contributed by atoms with Gasteiger partial charge >= 0.3 is 0 Å². The summed E-state index contributed by atoms with van der Waals surface area (Å²) in [4.78, 5) is 22.1. The molecule has 0 bridgehead atoms. The fourth-order valence-electron chi connectivity index (χ4n) is 1.43. The molecule has 5 nitrogen and oxygen atoms in total. The summed E-state index contributed by atoms with van der Waals surface area (Å²) in [6.07, 6.45) is 2.35. The van der Waals surface area contributed by atoms with Gasteiger partial charge in [0.15, 0.2) is 0 Å². The Bertz CT molecular complexity index is 415. The van der Waals surface area contributed by atoms with Gasteiger partial charge in [0.2, 0.25) is 11.8 Å². The number of ether oxygens (including phenoxy) is 1. The fourth-order valence-corrected chi connectivity index (χ4v) is 1.43. The number of hydrogen-bond donors (Lipinski definition) is 2. The maximum atomic E-state index is 11.5. The highest BCUT2D eigenvalue weighted by Crippen LogP contribution is 2.13. The van der Waals surface area contributed by atoms with Crippen LogP contribution in [0, 0.1) is 0 Å². The van der Waals surface area contributed by atoms with Crippen LogP contribution in [0.2, 0.25) is 0 Å². The Kier molecular flexibility index (Phi) is 6.43. The van der Waals surface area contributed by atoms with E-state index in [1.165, 1.54) is 6.92 Å². The monoisotopic (exact) mass is 264 g/mol. The second-order valence-electron chi connectivity index (χ2n) is 4.25. The normalized spacial score (nSPS) is 9.79. The Labute approximate surface area is 113 Å². The van der Waals surface area contributed by atoms with Gasteiger partial charge in [-0.15, -0.1) is 0 Å². The van der Waals surface area contributed by atoms with E-state index >= 15 is 0 Å². The number of hydrogen-bond acceptors (Lipinski definition) is 3. The SMILES string of the molecule is CCCCOc1ccc(CC(=O)NNC(C)=O)cc1. The van der Waals surface area contributed by atoms with Crippen LogP contribution in [0.4, 0.5) is 0 Å². The smallest absolute Gasteiger partial charge is 0.242 e. The van der Waals surface area contributed by atoms with Crippen LogP contribution in [0.3, 0.4) is 0 Å². The molecule has 1 aromatic carbocycles. The lowest BCUT2D eigenvalue weighted by Gasteiger charge is -2.07. The number of benzene rings is 1. The molecule has 19 heavy (non-hydrogen) atoms. The molecule has 0 saturated carbocycles. The van der Waals surface area contributed by atoms with Crippen LogP contribution in [-0.4, -0.2) is 18.4 Å². The molecule has 2 amide bonds. The van der Waals surface area contributed by atoms with Gasteiger partial charge in [-0.25, -0.2) is 0 Å². The molecule has 0 radical (unpaired) electrons. The lowest BCUT2D eigenvalue weighted by atomic mass is 10.1. The lowest BCUT2D eigenvalue weighted by molar-refractivity contribution is -0.127. The van der Waals surface area contributed by atoms with E-state index in [0.29, 0.717) is 6.61 Å². The van der Waals surface area contributed by atoms with E-state index in [2.05, 4.69) is 17.8 Å². The van der Waals surface area contributed by atoms with Crippen LogP contribution >= 0.6 is 0 Å². The largest absolute Gasteiger partial charge is 0.494 e. The summed E-state index contributed by atoms with van der Waals surface area (Å²) in [6.45, 7) is 4.15. The van der Waals surface area contributed by atoms with Crippen molar-refractivity contribution in [1.82, 2.24) is 10.9 Å². The molecule has 0 saturated heterocycles. The van der Waals surface area contributed by atoms with Gasteiger partial charge in [-0.2, -0.15) is 0 Å². The summed E-state index contributed by atoms with van der Waals surface area (Å²) < 4.78 is 5.53. The van der Waals surface area contributed by atoms with Crippen LogP contribution in [0.5, 0.6) is 5.75 Å². The quantitative estimate of drug-likeness (QED) is 0.605. The molecule has 0 aliphatic carbocycles. The minimum atomic E-state index is -0.298. The third-order valence-electron chi connectivity index (χ3n) is 2.43. The first-order chi connectivity index (χ1) is 9.11. The van der Waals surface area contributed by atoms with Crippen molar-refractivity contribution in [3.63, 3.8) is 0 Å². The van der Waals surface area contributed by atoms with Crippen LogP contribution in [0.1, 0.15) is 32.3 Å². The van der Waals surface area contributed by atoms with E-state index in [0.717, 1.165) is 24.2 Å². The summed E-state index contributed by atoms with van der Waals surface area (Å²) in [5.41, 5.74) is 5.43. The molecule has 0 fully saturated rings. The zero-order chi connectivity index (χ0) is 14.1. The van der Waals surface area contributed by atoms with Gasteiger partial charge in [-0.3, -0.25) is 20.4 Å². The summed E-state index contributed by atoms with van der Waals surface area (Å²) in [5, 5.41) is 0. The second-order valence-corrected chi connectivity index (χ2v) is 4.25. The van der Waals surface area contributed by atoms with Crippen molar-refractivity contribution in [3.05, 3.63) is 29.8 Å². The van der Waals surface area contributed by atoms with E-state index in [4.69, 9.17) is 4.74 Å². The van der Waals surface area contributed by atoms with Crippen molar-refractivity contribution in [1.29, 1.82) is 0 Å². The number of amides is 2. The van der Waals surface area contributed by atoms with Crippen molar-refractivity contribution in [2.24, 2.45) is 0 Å². The van der Waals surface area contributed by atoms with Crippen LogP contribution in [0.25, 0.3) is 0 Å². The molecule has 104 valence electrons. The first-order valence-electron chi connectivity index (χ1n) is 6.39. The van der Waals surface area contributed by atoms with Crippen LogP contribution < -0.4 is 15.6 Å². The fraction of sp³-hybridized carbons (Fsp3) is 0.429. The van der Waals surface area contributed by atoms with Gasteiger partial charge in [0.1, 0.15) is 5.75 Å². The average molecular weight is 264 g/mol. The predicted octanol–water partition coefficient (Wildman–Crippen LogP) is 1.58. The Hall–Kier alpha value is -2.04. The number of unbranched alkanes of at least 4 members (excludes halogenated alkanes) is 1. The molecule has 2 N–H and O–H groups in total. The summed E-state index contributed by atoms with van der Waals surface area (Å²) in [6, 6.07) is 7.37. The van der Waals surface area contributed by atoms with Gasteiger partial charge in [0, 0.05) is 6.92 Å². The Balaban J connectivity index is 2.39. The van der Waals surface area contributed by atoms with Crippen molar-refractivity contribution in [2.75, 3.05) is 6.61 Å². The molecule has 0 aliphatic rings. The zero-order valence-corrected chi connectivity index (χ0v) is 11.4. The van der Waals surface area contributed by atoms with Crippen LogP contribution in [0.15, 0.2) is 24.3 Å². The summed E-state index contributed by atoms with van der Waals surface area (Å²) in [5.74, 6) is 0.252. The number of hydrazine groups is 1. The molecule has 5 heteroatoms. The molecule has 0 spiro atoms. The molecular weight excluding hydrogens is 244 g/mol. The van der Waals surface area contributed by atoms with Crippen molar-refractivity contribution < 1.29 is 14.3 Å². The predicted molar refractivity (Wildman–Crippen MR) is 72.5 cm³/mol. The van der Waals surface area contributed by atoms with Crippen molar-refractivity contribution in [3.8, 4) is 5.75 Å². The molecule has 1 aromatic rings. The highest BCUT2D eigenvalue weighted by molar-refractivity contribution is 5.82. The highest BCUT2D eigenvalue weighted by Gasteiger charge is 2.03. The van der Waals surface area contributed by atoms with Gasteiger partial charge in [0.25, 0.3) is 0 Å². The maximum absolute atomic E-state index is 11.5. The van der Waals surface area contributed by atoms with Gasteiger partial charge in [-0.05, 0) is 24.1 Å². The second kappa shape index (κ2) is 8.13. The number of carbonyl (C=O) groups is 2. The lowest BCUT2D eigenvalue weighted by Crippen LogP contribution is -2.41. The molecule has 0 aromatic heterocycles. The summed E-state index contributed by atoms with van der Waals surface area (Å²) >= 11 is 0. The third kappa shape index (κ3) is 6.45. The first-order valence-corrected chi connectivity index (χ1v) is 6.39. The molecule has 1 rings (SSSR count). The maximum Gasteiger partial charge on any atom is 0.242 e. The minimum Gasteiger partial charge on any atom is -0.494 e. The minimum absolute atomic E-state index is 0.218. The highest BCUT2D eigenvalue weighted by atomic mass is 16.5. The van der Waals surface area contributed by atoms with Gasteiger partial charge in [-0.1, -0.05) is 25.5 Å². The zero-order valence-electron chi connectivity index (χ0n) is 11.4. The number of carbonyl (C=O) groups excluding carboxylic acids is 2. The molecule has 0 aliphatic heterocycles. The average Bonchev–Trinajstić information content (AvgIpc) is 2.39. The standard InChI is InChI=1S/C14H20N2O3/c1-3-4-9-19-13-7-5-12(6-8-13)10-14(18)16-15-11(2)17/h5-8H,3-4,9-10H2,1-2H3,(H,15,17)(H,16,18). The van der Waals surface area contributed by atoms with Gasteiger partial charge in [0.05, 0.1) is 13.0 Å². The van der Waals surface area contributed by atoms with E-state index in [9.17, 15) is 9.59 Å². The molecule has 0 atom stereocenters. The van der Waals surface area contributed by atoms with Crippen LogP contribution in [-0.2, 0) is 16.0 Å². The Morgan fingerprint density at radius 2 is 1.84 bits per heavy atom. The van der Waals surface area contributed by atoms with Crippen molar-refractivity contribution in [2.45, 2.75) is 33.1 Å². The third-order valence-corrected chi connectivity index (χ3v) is 2.43. The molecule has 0 unspecified atom stereocenters. The van der Waals surface area contributed by atoms with E-state index < -0.39 is 0 Å². The first kappa shape index (κ1) is 15.0. The Morgan fingerprint density at radius 1 is 1.16 bits per heavy atom.